The van der Waals surface area contributed by atoms with Crippen molar-refractivity contribution in [1.29, 1.82) is 0 Å². The van der Waals surface area contributed by atoms with Gasteiger partial charge in [0.25, 0.3) is 0 Å². The van der Waals surface area contributed by atoms with Gasteiger partial charge in [0.05, 0.1) is 0 Å². The van der Waals surface area contributed by atoms with Crippen LogP contribution in [0.5, 0.6) is 0 Å². The summed E-state index contributed by atoms with van der Waals surface area (Å²) in [5, 5.41) is 0. The highest BCUT2D eigenvalue weighted by Crippen LogP contribution is 2.23. The van der Waals surface area contributed by atoms with Crippen LogP contribution in [0.1, 0.15) is 39.0 Å². The Balaban J connectivity index is 2.16. The van der Waals surface area contributed by atoms with Crippen LogP contribution in [0.15, 0.2) is 11.6 Å². The summed E-state index contributed by atoms with van der Waals surface area (Å²) in [6.07, 6.45) is 9.41. The fraction of sp³-hybridized carbons (Fsp3) is 0.700. The van der Waals surface area contributed by atoms with Crippen molar-refractivity contribution in [3.63, 3.8) is 0 Å². The largest absolute Gasteiger partial charge is 0.303 e. The second-order valence-electron chi connectivity index (χ2n) is 3.41. The summed E-state index contributed by atoms with van der Waals surface area (Å²) in [7, 11) is 0. The number of allylic oxidation sites excluding steroid dienone is 2. The number of carbonyl (C=O) groups excluding carboxylic acids is 1. The molecule has 0 fully saturated rings. The molecule has 0 amide bonds. The van der Waals surface area contributed by atoms with Crippen LogP contribution >= 0.6 is 0 Å². The van der Waals surface area contributed by atoms with E-state index in [1.54, 1.807) is 5.57 Å². The van der Waals surface area contributed by atoms with Crippen LogP contribution in [0.4, 0.5) is 0 Å². The van der Waals surface area contributed by atoms with E-state index in [4.69, 9.17) is 0 Å². The van der Waals surface area contributed by atoms with E-state index in [1.807, 2.05) is 6.92 Å². The fourth-order valence-corrected chi connectivity index (χ4v) is 1.45. The van der Waals surface area contributed by atoms with Gasteiger partial charge in [0, 0.05) is 5.92 Å². The lowest BCUT2D eigenvalue weighted by Gasteiger charge is -2.03. The van der Waals surface area contributed by atoms with E-state index >= 15 is 0 Å². The van der Waals surface area contributed by atoms with Gasteiger partial charge < -0.3 is 4.79 Å². The minimum atomic E-state index is 0.247. The molecule has 0 saturated heterocycles. The van der Waals surface area contributed by atoms with E-state index in [0.717, 1.165) is 19.1 Å². The molecule has 1 heteroatoms. The molecule has 0 aliphatic heterocycles. The maximum atomic E-state index is 10.3. The van der Waals surface area contributed by atoms with Crippen LogP contribution in [0, 0.1) is 5.92 Å². The summed E-state index contributed by atoms with van der Waals surface area (Å²) in [6, 6.07) is 0. The average molecular weight is 152 g/mol. The second kappa shape index (κ2) is 4.32. The molecule has 1 unspecified atom stereocenters. The summed E-state index contributed by atoms with van der Waals surface area (Å²) in [5.41, 5.74) is 1.57. The monoisotopic (exact) mass is 152 g/mol. The molecule has 0 aromatic heterocycles. The smallest absolute Gasteiger partial charge is 0.122 e. The van der Waals surface area contributed by atoms with Crippen molar-refractivity contribution in [1.82, 2.24) is 0 Å². The molecule has 0 heterocycles. The van der Waals surface area contributed by atoms with Gasteiger partial charge in [-0.05, 0) is 32.1 Å². The number of hydrogen-bond donors (Lipinski definition) is 0. The first-order valence-electron chi connectivity index (χ1n) is 4.46. The van der Waals surface area contributed by atoms with Crippen molar-refractivity contribution in [2.45, 2.75) is 39.0 Å². The van der Waals surface area contributed by atoms with Gasteiger partial charge in [-0.15, -0.1) is 0 Å². The summed E-state index contributed by atoms with van der Waals surface area (Å²) >= 11 is 0. The molecule has 62 valence electrons. The van der Waals surface area contributed by atoms with Gasteiger partial charge in [-0.25, -0.2) is 0 Å². The number of rotatable bonds is 4. The Hall–Kier alpha value is -0.590. The molecule has 0 saturated carbocycles. The first-order chi connectivity index (χ1) is 5.33. The Morgan fingerprint density at radius 2 is 2.55 bits per heavy atom. The fourth-order valence-electron chi connectivity index (χ4n) is 1.45. The molecule has 0 bridgehead atoms. The predicted octanol–water partition coefficient (Wildman–Crippen LogP) is 2.71. The molecule has 0 spiro atoms. The first kappa shape index (κ1) is 8.51. The minimum Gasteiger partial charge on any atom is -0.303 e. The Labute approximate surface area is 68.5 Å². The molecule has 0 aromatic carbocycles. The lowest BCUT2D eigenvalue weighted by Crippen LogP contribution is -1.95. The lowest BCUT2D eigenvalue weighted by atomic mass is 10.0. The Morgan fingerprint density at radius 3 is 3.09 bits per heavy atom. The Kier molecular flexibility index (Phi) is 3.34. The van der Waals surface area contributed by atoms with Crippen molar-refractivity contribution in [3.05, 3.63) is 11.6 Å². The standard InChI is InChI=1S/C10H16O/c1-9(8-11)6-7-10-4-2-3-5-10/h4,8-9H,2-3,5-7H2,1H3. The Bertz CT molecular complexity index is 158. The molecule has 1 atom stereocenters. The normalized spacial score (nSPS) is 19.5. The number of aldehydes is 1. The number of hydrogen-bond acceptors (Lipinski definition) is 1. The third-order valence-electron chi connectivity index (χ3n) is 2.29. The molecule has 1 aliphatic carbocycles. The van der Waals surface area contributed by atoms with Crippen molar-refractivity contribution in [2.75, 3.05) is 0 Å². The van der Waals surface area contributed by atoms with E-state index < -0.39 is 0 Å². The summed E-state index contributed by atoms with van der Waals surface area (Å²) in [4.78, 5) is 10.3. The summed E-state index contributed by atoms with van der Waals surface area (Å²) < 4.78 is 0. The van der Waals surface area contributed by atoms with Gasteiger partial charge in [0.2, 0.25) is 0 Å². The molecule has 11 heavy (non-hydrogen) atoms. The van der Waals surface area contributed by atoms with Crippen molar-refractivity contribution in [2.24, 2.45) is 5.92 Å². The lowest BCUT2D eigenvalue weighted by molar-refractivity contribution is -0.110. The highest BCUT2D eigenvalue weighted by molar-refractivity contribution is 5.52. The van der Waals surface area contributed by atoms with Crippen molar-refractivity contribution >= 4 is 6.29 Å². The molecule has 1 nitrogen and oxygen atoms in total. The second-order valence-corrected chi connectivity index (χ2v) is 3.41. The molecular weight excluding hydrogens is 136 g/mol. The van der Waals surface area contributed by atoms with Crippen LogP contribution in [-0.2, 0) is 4.79 Å². The molecule has 1 aliphatic rings. The van der Waals surface area contributed by atoms with E-state index in [9.17, 15) is 4.79 Å². The maximum Gasteiger partial charge on any atom is 0.122 e. The van der Waals surface area contributed by atoms with Gasteiger partial charge in [0.15, 0.2) is 0 Å². The van der Waals surface area contributed by atoms with E-state index in [-0.39, 0.29) is 5.92 Å². The molecular formula is C10H16O. The zero-order valence-electron chi connectivity index (χ0n) is 7.18. The van der Waals surface area contributed by atoms with Gasteiger partial charge in [-0.3, -0.25) is 0 Å². The zero-order valence-corrected chi connectivity index (χ0v) is 7.18. The van der Waals surface area contributed by atoms with Gasteiger partial charge in [-0.2, -0.15) is 0 Å². The van der Waals surface area contributed by atoms with Crippen LogP contribution in [0.3, 0.4) is 0 Å². The van der Waals surface area contributed by atoms with E-state index in [0.29, 0.717) is 0 Å². The zero-order chi connectivity index (χ0) is 8.10. The third-order valence-corrected chi connectivity index (χ3v) is 2.29. The summed E-state index contributed by atoms with van der Waals surface area (Å²) in [6.45, 7) is 1.99. The van der Waals surface area contributed by atoms with Crippen molar-refractivity contribution < 1.29 is 4.79 Å². The van der Waals surface area contributed by atoms with Gasteiger partial charge >= 0.3 is 0 Å². The van der Waals surface area contributed by atoms with Crippen LogP contribution in [-0.4, -0.2) is 6.29 Å². The van der Waals surface area contributed by atoms with Crippen LogP contribution in [0.2, 0.25) is 0 Å². The average Bonchev–Trinajstić information content (AvgIpc) is 2.52. The third kappa shape index (κ3) is 2.87. The maximum absolute atomic E-state index is 10.3. The SMILES string of the molecule is CC(C=O)CCC1=CCCC1. The van der Waals surface area contributed by atoms with Crippen LogP contribution < -0.4 is 0 Å². The highest BCUT2D eigenvalue weighted by Gasteiger charge is 2.06. The molecule has 0 N–H and O–H groups in total. The van der Waals surface area contributed by atoms with E-state index in [1.165, 1.54) is 19.3 Å². The topological polar surface area (TPSA) is 17.1 Å². The van der Waals surface area contributed by atoms with Crippen molar-refractivity contribution in [3.8, 4) is 0 Å². The highest BCUT2D eigenvalue weighted by atomic mass is 16.1. The summed E-state index contributed by atoms with van der Waals surface area (Å²) in [5.74, 6) is 0.247. The minimum absolute atomic E-state index is 0.247. The molecule has 0 aromatic rings. The first-order valence-corrected chi connectivity index (χ1v) is 4.46. The molecule has 0 radical (unpaired) electrons. The molecule has 1 rings (SSSR count). The Morgan fingerprint density at radius 1 is 1.73 bits per heavy atom. The van der Waals surface area contributed by atoms with Gasteiger partial charge in [0.1, 0.15) is 6.29 Å². The predicted molar refractivity (Wildman–Crippen MR) is 46.4 cm³/mol. The van der Waals surface area contributed by atoms with Gasteiger partial charge in [-0.1, -0.05) is 18.6 Å². The van der Waals surface area contributed by atoms with E-state index in [2.05, 4.69) is 6.08 Å². The quantitative estimate of drug-likeness (QED) is 0.447. The number of carbonyl (C=O) groups is 1. The van der Waals surface area contributed by atoms with Crippen LogP contribution in [0.25, 0.3) is 0 Å².